The number of guanidine groups is 1. The Morgan fingerprint density at radius 2 is 1.83 bits per heavy atom. The van der Waals surface area contributed by atoms with Crippen molar-refractivity contribution < 1.29 is 0 Å². The van der Waals surface area contributed by atoms with E-state index in [-0.39, 0.29) is 6.17 Å². The number of rotatable bonds is 2. The average Bonchev–Trinajstić information content (AvgIpc) is 2.92. The van der Waals surface area contributed by atoms with Gasteiger partial charge in [-0.3, -0.25) is 9.88 Å². The summed E-state index contributed by atoms with van der Waals surface area (Å²) >= 11 is 0. The zero-order valence-electron chi connectivity index (χ0n) is 13.2. The molecule has 1 atom stereocenters. The molecule has 0 fully saturated rings. The second-order valence-electron chi connectivity index (χ2n) is 6.13. The molecule has 1 aliphatic heterocycles. The summed E-state index contributed by atoms with van der Waals surface area (Å²) in [6, 6.07) is 16.6. The first-order valence-corrected chi connectivity index (χ1v) is 7.80. The first-order chi connectivity index (χ1) is 11.1. The van der Waals surface area contributed by atoms with Crippen LogP contribution in [0, 0.1) is 0 Å². The molecule has 1 aliphatic rings. The molecule has 0 unspecified atom stereocenters. The highest BCUT2D eigenvalue weighted by atomic mass is 15.4. The van der Waals surface area contributed by atoms with Crippen LogP contribution in [0.5, 0.6) is 0 Å². The second kappa shape index (κ2) is 5.12. The number of nitrogens with two attached hydrogens (primary N) is 1. The van der Waals surface area contributed by atoms with Crippen LogP contribution in [-0.2, 0) is 0 Å². The Labute approximate surface area is 134 Å². The first kappa shape index (κ1) is 13.8. The third kappa shape index (κ3) is 2.25. The molecule has 4 rings (SSSR count). The van der Waals surface area contributed by atoms with E-state index in [0.717, 1.165) is 22.5 Å². The quantitative estimate of drug-likeness (QED) is 0.762. The van der Waals surface area contributed by atoms with Crippen molar-refractivity contribution in [1.29, 1.82) is 0 Å². The largest absolute Gasteiger partial charge is 0.370 e. The van der Waals surface area contributed by atoms with Crippen LogP contribution in [0.1, 0.15) is 37.1 Å². The van der Waals surface area contributed by atoms with Crippen LogP contribution in [0.2, 0.25) is 0 Å². The summed E-state index contributed by atoms with van der Waals surface area (Å²) < 4.78 is 2.09. The van der Waals surface area contributed by atoms with Crippen LogP contribution < -0.4 is 11.1 Å². The van der Waals surface area contributed by atoms with Gasteiger partial charge in [0.25, 0.3) is 0 Å². The molecule has 116 valence electrons. The number of hydrogen-bond donors (Lipinski definition) is 2. The van der Waals surface area contributed by atoms with E-state index in [2.05, 4.69) is 64.0 Å². The van der Waals surface area contributed by atoms with Gasteiger partial charge in [0, 0.05) is 0 Å². The Bertz CT molecular complexity index is 889. The van der Waals surface area contributed by atoms with Gasteiger partial charge in [-0.05, 0) is 29.2 Å². The Morgan fingerprint density at radius 3 is 2.57 bits per heavy atom. The molecule has 5 heteroatoms. The molecule has 5 nitrogen and oxygen atoms in total. The summed E-state index contributed by atoms with van der Waals surface area (Å²) in [5.41, 5.74) is 10.4. The number of fused-ring (bicyclic) bond motifs is 3. The molecule has 0 saturated carbocycles. The summed E-state index contributed by atoms with van der Waals surface area (Å²) in [5.74, 6) is 1.64. The van der Waals surface area contributed by atoms with Crippen molar-refractivity contribution in [3.05, 3.63) is 59.7 Å². The molecule has 2 aromatic carbocycles. The molecule has 0 bridgehead atoms. The minimum absolute atomic E-state index is 0.195. The lowest BCUT2D eigenvalue weighted by atomic mass is 10.0. The molecule has 1 aromatic heterocycles. The van der Waals surface area contributed by atoms with Crippen LogP contribution in [0.25, 0.3) is 11.0 Å². The molecular weight excluding hydrogens is 286 g/mol. The van der Waals surface area contributed by atoms with E-state index < -0.39 is 0 Å². The molecule has 2 heterocycles. The van der Waals surface area contributed by atoms with Crippen molar-refractivity contribution in [3.63, 3.8) is 0 Å². The maximum Gasteiger partial charge on any atom is 0.212 e. The summed E-state index contributed by atoms with van der Waals surface area (Å²) in [6.45, 7) is 4.38. The molecule has 0 amide bonds. The maximum absolute atomic E-state index is 5.96. The molecule has 0 radical (unpaired) electrons. The topological polar surface area (TPSA) is 68.2 Å². The van der Waals surface area contributed by atoms with E-state index in [9.17, 15) is 0 Å². The normalized spacial score (nSPS) is 17.0. The number of nitrogens with zero attached hydrogens (tertiary/aromatic N) is 3. The summed E-state index contributed by atoms with van der Waals surface area (Å²) in [4.78, 5) is 9.21. The maximum atomic E-state index is 5.96. The number of hydrogen-bond acceptors (Lipinski definition) is 4. The molecule has 3 N–H and O–H groups in total. The third-order valence-electron chi connectivity index (χ3n) is 4.24. The molecular formula is C18H19N5. The van der Waals surface area contributed by atoms with Gasteiger partial charge >= 0.3 is 0 Å². The number of nitrogens with one attached hydrogen (secondary N) is 1. The summed E-state index contributed by atoms with van der Waals surface area (Å²) in [5, 5.41) is 3.06. The number of benzene rings is 2. The van der Waals surface area contributed by atoms with Gasteiger partial charge in [0.15, 0.2) is 12.1 Å². The predicted octanol–water partition coefficient (Wildman–Crippen LogP) is 3.45. The highest BCUT2D eigenvalue weighted by Crippen LogP contribution is 2.32. The lowest BCUT2D eigenvalue weighted by molar-refractivity contribution is 0.625. The smallest absolute Gasteiger partial charge is 0.212 e. The Balaban J connectivity index is 1.86. The SMILES string of the molecule is CC(C)c1ccc([C@@H]2N=C(N)Nc3nc4ccccc4n32)cc1. The number of imidazole rings is 1. The Hall–Kier alpha value is -2.82. The number of anilines is 1. The molecule has 0 spiro atoms. The molecule has 0 saturated heterocycles. The highest BCUT2D eigenvalue weighted by molar-refractivity contribution is 5.94. The average molecular weight is 305 g/mol. The standard InChI is InChI=1S/C18H19N5/c1-11(2)12-7-9-13(10-8-12)16-21-17(19)22-18-20-14-5-3-4-6-15(14)23(16)18/h3-11,16H,1-2H3,(H3,19,20,21,22)/t16-/m1/s1. The number of aromatic nitrogens is 2. The summed E-state index contributed by atoms with van der Waals surface area (Å²) in [7, 11) is 0. The van der Waals surface area contributed by atoms with Gasteiger partial charge in [0.1, 0.15) is 0 Å². The molecule has 0 aliphatic carbocycles. The fourth-order valence-electron chi connectivity index (χ4n) is 2.99. The van der Waals surface area contributed by atoms with Gasteiger partial charge in [0.05, 0.1) is 11.0 Å². The van der Waals surface area contributed by atoms with E-state index in [4.69, 9.17) is 5.73 Å². The van der Waals surface area contributed by atoms with Gasteiger partial charge in [-0.1, -0.05) is 50.2 Å². The van der Waals surface area contributed by atoms with Gasteiger partial charge in [0.2, 0.25) is 5.95 Å². The van der Waals surface area contributed by atoms with Crippen molar-refractivity contribution in [1.82, 2.24) is 9.55 Å². The van der Waals surface area contributed by atoms with Gasteiger partial charge in [-0.25, -0.2) is 9.98 Å². The van der Waals surface area contributed by atoms with Crippen molar-refractivity contribution in [2.24, 2.45) is 10.7 Å². The number of para-hydroxylation sites is 2. The van der Waals surface area contributed by atoms with Crippen molar-refractivity contribution in [2.45, 2.75) is 25.9 Å². The van der Waals surface area contributed by atoms with Gasteiger partial charge < -0.3 is 5.73 Å². The lowest BCUT2D eigenvalue weighted by Gasteiger charge is -2.24. The third-order valence-corrected chi connectivity index (χ3v) is 4.24. The highest BCUT2D eigenvalue weighted by Gasteiger charge is 2.24. The van der Waals surface area contributed by atoms with Crippen LogP contribution in [-0.4, -0.2) is 15.5 Å². The number of aliphatic imine (C=N–C) groups is 1. The fourth-order valence-corrected chi connectivity index (χ4v) is 2.99. The van der Waals surface area contributed by atoms with Crippen LogP contribution in [0.15, 0.2) is 53.5 Å². The zero-order valence-corrected chi connectivity index (χ0v) is 13.2. The molecule has 23 heavy (non-hydrogen) atoms. The van der Waals surface area contributed by atoms with Crippen LogP contribution in [0.3, 0.4) is 0 Å². The van der Waals surface area contributed by atoms with E-state index in [1.54, 1.807) is 0 Å². The van der Waals surface area contributed by atoms with E-state index in [1.807, 2.05) is 18.2 Å². The van der Waals surface area contributed by atoms with Crippen molar-refractivity contribution in [3.8, 4) is 0 Å². The minimum Gasteiger partial charge on any atom is -0.370 e. The van der Waals surface area contributed by atoms with Crippen LogP contribution in [0.4, 0.5) is 5.95 Å². The van der Waals surface area contributed by atoms with Crippen LogP contribution >= 0.6 is 0 Å². The Kier molecular flexibility index (Phi) is 3.08. The minimum atomic E-state index is -0.195. The zero-order chi connectivity index (χ0) is 16.0. The fraction of sp³-hybridized carbons (Fsp3) is 0.222. The van der Waals surface area contributed by atoms with E-state index in [1.165, 1.54) is 5.56 Å². The van der Waals surface area contributed by atoms with E-state index in [0.29, 0.717) is 11.9 Å². The van der Waals surface area contributed by atoms with Crippen molar-refractivity contribution >= 4 is 22.9 Å². The van der Waals surface area contributed by atoms with E-state index >= 15 is 0 Å². The van der Waals surface area contributed by atoms with Gasteiger partial charge in [-0.2, -0.15) is 0 Å². The predicted molar refractivity (Wildman–Crippen MR) is 93.6 cm³/mol. The first-order valence-electron chi connectivity index (χ1n) is 7.80. The monoisotopic (exact) mass is 305 g/mol. The molecule has 3 aromatic rings. The lowest BCUT2D eigenvalue weighted by Crippen LogP contribution is -2.31. The second-order valence-corrected chi connectivity index (χ2v) is 6.13. The Morgan fingerprint density at radius 1 is 1.09 bits per heavy atom. The van der Waals surface area contributed by atoms with Gasteiger partial charge in [-0.15, -0.1) is 0 Å². The summed E-state index contributed by atoms with van der Waals surface area (Å²) in [6.07, 6.45) is -0.195. The van der Waals surface area contributed by atoms with Crippen molar-refractivity contribution in [2.75, 3.05) is 5.32 Å².